The summed E-state index contributed by atoms with van der Waals surface area (Å²) >= 11 is 0. The van der Waals surface area contributed by atoms with Crippen molar-refractivity contribution in [2.24, 2.45) is 11.5 Å². The number of carbonyl (C=O) groups excluding carboxylic acids is 6. The average molecular weight is 951 g/mol. The van der Waals surface area contributed by atoms with Gasteiger partial charge in [0.05, 0.1) is 0 Å². The zero-order valence-electron chi connectivity index (χ0n) is 40.6. The lowest BCUT2D eigenvalue weighted by molar-refractivity contribution is -0.174. The molecule has 7 rings (SSSR count). The number of nitrogens with zero attached hydrogens (tertiary/aromatic N) is 2. The molecular formula is C55H62N6O9. The van der Waals surface area contributed by atoms with Crippen molar-refractivity contribution in [3.05, 3.63) is 142 Å². The molecule has 2 aliphatic carbocycles. The van der Waals surface area contributed by atoms with Gasteiger partial charge in [0.15, 0.2) is 28.9 Å². The smallest absolute Gasteiger partial charge is 0.254 e. The predicted octanol–water partition coefficient (Wildman–Crippen LogP) is 3.90. The molecule has 1 aliphatic heterocycles. The maximum absolute atomic E-state index is 13.3. The van der Waals surface area contributed by atoms with Crippen LogP contribution >= 0.6 is 0 Å². The molecule has 3 atom stereocenters. The van der Waals surface area contributed by atoms with E-state index in [2.05, 4.69) is 34.3 Å². The molecular weight excluding hydrogens is 889 g/mol. The van der Waals surface area contributed by atoms with Gasteiger partial charge < -0.3 is 46.5 Å². The molecule has 15 nitrogen and oxygen atoms in total. The molecule has 0 spiro atoms. The first kappa shape index (κ1) is 52.4. The molecule has 2 saturated carbocycles. The maximum Gasteiger partial charge on any atom is 0.254 e. The Morgan fingerprint density at radius 2 is 0.986 bits per heavy atom. The number of rotatable bonds is 14. The summed E-state index contributed by atoms with van der Waals surface area (Å²) in [6, 6.07) is 29.2. The minimum absolute atomic E-state index is 0.169. The second kappa shape index (κ2) is 22.2. The molecule has 4 amide bonds. The molecule has 1 saturated heterocycles. The van der Waals surface area contributed by atoms with Gasteiger partial charge >= 0.3 is 0 Å². The minimum Gasteiger partial charge on any atom is -0.388 e. The highest BCUT2D eigenvalue weighted by atomic mass is 16.7. The number of aliphatic hydroxyl groups is 1. The molecule has 0 radical (unpaired) electrons. The molecule has 4 aromatic rings. The van der Waals surface area contributed by atoms with Crippen LogP contribution in [0.2, 0.25) is 0 Å². The standard InChI is InChI=1S/C30H35N3O5.C25H27N3O4/c1-29(28(36)32-2,25(34)20-38-26-6-4-5-19-37-26)33(3)27(35)23-13-9-21(10-14-23)7-8-22-11-15-24(16-12-22)30(31)17-18-30;1-24(21(30)16-29,23(32)27-2)28(3)22(31)19-10-6-17(7-11-19)4-5-18-8-12-20(13-9-18)25(26)14-15-25/h9-16,26H,4-6,17-20,31H2,1-3H3,(H,32,36);6-13,29H,14-16,26H2,1-3H3,(H,27,32)/t26?,29-;24-/m11/s1. The van der Waals surface area contributed by atoms with Crippen molar-refractivity contribution in [3.8, 4) is 23.7 Å². The summed E-state index contributed by atoms with van der Waals surface area (Å²) < 4.78 is 11.1. The second-order valence-electron chi connectivity index (χ2n) is 18.3. The lowest BCUT2D eigenvalue weighted by atomic mass is 9.92. The van der Waals surface area contributed by atoms with Crippen LogP contribution in [0.3, 0.4) is 0 Å². The van der Waals surface area contributed by atoms with E-state index >= 15 is 0 Å². The van der Waals surface area contributed by atoms with Crippen LogP contribution in [0.1, 0.15) is 113 Å². The maximum atomic E-state index is 13.3. The Bertz CT molecular complexity index is 2690. The Morgan fingerprint density at radius 1 is 0.629 bits per heavy atom. The number of amides is 4. The number of ether oxygens (including phenoxy) is 2. The average Bonchev–Trinajstić information content (AvgIpc) is 4.35. The summed E-state index contributed by atoms with van der Waals surface area (Å²) in [7, 11) is 5.59. The van der Waals surface area contributed by atoms with E-state index in [-0.39, 0.29) is 17.7 Å². The van der Waals surface area contributed by atoms with Gasteiger partial charge in [-0.05, 0) is 143 Å². The molecule has 0 bridgehead atoms. The fourth-order valence-electron chi connectivity index (χ4n) is 7.82. The zero-order chi connectivity index (χ0) is 50.9. The van der Waals surface area contributed by atoms with Gasteiger partial charge in [-0.1, -0.05) is 47.9 Å². The molecule has 4 aromatic carbocycles. The van der Waals surface area contributed by atoms with Crippen LogP contribution in [0.25, 0.3) is 0 Å². The second-order valence-corrected chi connectivity index (χ2v) is 18.3. The van der Waals surface area contributed by atoms with Crippen molar-refractivity contribution < 1.29 is 43.3 Å². The van der Waals surface area contributed by atoms with Gasteiger partial charge in [0, 0.05) is 79.3 Å². The molecule has 3 fully saturated rings. The number of carbonyl (C=O) groups is 6. The van der Waals surface area contributed by atoms with Crippen LogP contribution in [-0.4, -0.2) is 115 Å². The van der Waals surface area contributed by atoms with E-state index in [1.807, 2.05) is 48.5 Å². The number of ketones is 2. The summed E-state index contributed by atoms with van der Waals surface area (Å²) in [5.74, 6) is 8.80. The number of hydrogen-bond acceptors (Lipinski definition) is 11. The predicted molar refractivity (Wildman–Crippen MR) is 264 cm³/mol. The third kappa shape index (κ3) is 11.9. The summed E-state index contributed by atoms with van der Waals surface area (Å²) in [6.45, 7) is 2.12. The van der Waals surface area contributed by atoms with Crippen molar-refractivity contribution in [3.63, 3.8) is 0 Å². The number of benzene rings is 4. The number of likely N-dealkylation sites (N-methyl/N-ethyl adjacent to an activating group) is 4. The highest BCUT2D eigenvalue weighted by Crippen LogP contribution is 2.43. The van der Waals surface area contributed by atoms with Crippen LogP contribution in [0.5, 0.6) is 0 Å². The van der Waals surface area contributed by atoms with Gasteiger partial charge in [-0.15, -0.1) is 0 Å². The largest absolute Gasteiger partial charge is 0.388 e. The lowest BCUT2D eigenvalue weighted by Crippen LogP contribution is -2.62. The number of nitrogens with one attached hydrogen (secondary N) is 2. The Morgan fingerprint density at radius 3 is 1.30 bits per heavy atom. The van der Waals surface area contributed by atoms with Gasteiger partial charge in [0.1, 0.15) is 13.2 Å². The van der Waals surface area contributed by atoms with Crippen molar-refractivity contribution >= 4 is 35.2 Å². The highest BCUT2D eigenvalue weighted by Gasteiger charge is 2.48. The topological polar surface area (TPSA) is 224 Å². The van der Waals surface area contributed by atoms with E-state index in [1.54, 1.807) is 48.5 Å². The Kier molecular flexibility index (Phi) is 16.6. The number of Topliss-reactive ketones (excluding diaryl/α,β-unsaturated/α-hetero) is 2. The summed E-state index contributed by atoms with van der Waals surface area (Å²) in [6.07, 6.45) is 6.15. The zero-order valence-corrected chi connectivity index (χ0v) is 40.6. The first-order valence-electron chi connectivity index (χ1n) is 23.3. The van der Waals surface area contributed by atoms with E-state index in [0.717, 1.165) is 76.1 Å². The van der Waals surface area contributed by atoms with E-state index < -0.39 is 59.2 Å². The van der Waals surface area contributed by atoms with Gasteiger partial charge in [-0.3, -0.25) is 28.8 Å². The number of hydrogen-bond donors (Lipinski definition) is 5. The molecule has 7 N–H and O–H groups in total. The van der Waals surface area contributed by atoms with Crippen LogP contribution in [0.4, 0.5) is 0 Å². The molecule has 0 aromatic heterocycles. The Labute approximate surface area is 409 Å². The summed E-state index contributed by atoms with van der Waals surface area (Å²) in [4.78, 5) is 79.0. The van der Waals surface area contributed by atoms with Gasteiger partial charge in [-0.25, -0.2) is 0 Å². The van der Waals surface area contributed by atoms with Crippen LogP contribution in [0, 0.1) is 23.7 Å². The molecule has 15 heteroatoms. The summed E-state index contributed by atoms with van der Waals surface area (Å²) in [5.41, 5.74) is 14.6. The fourth-order valence-corrected chi connectivity index (χ4v) is 7.82. The molecule has 1 heterocycles. The molecule has 366 valence electrons. The fraction of sp³-hybridized carbons (Fsp3) is 0.382. The van der Waals surface area contributed by atoms with Gasteiger partial charge in [0.2, 0.25) is 0 Å². The SMILES string of the molecule is CNC(=O)[C@@](C)(C(=O)CO)N(C)C(=O)c1ccc(C#Cc2ccc(C3(N)CC3)cc2)cc1.CNC(=O)[C@@](C)(C(=O)COC1CCCCO1)N(C)C(=O)c1ccc(C#Cc2ccc(C3(N)CC3)cc2)cc1. The van der Waals surface area contributed by atoms with E-state index in [4.69, 9.17) is 20.9 Å². The molecule has 3 aliphatic rings. The monoisotopic (exact) mass is 950 g/mol. The van der Waals surface area contributed by atoms with Gasteiger partial charge in [0.25, 0.3) is 23.6 Å². The van der Waals surface area contributed by atoms with Crippen LogP contribution < -0.4 is 22.1 Å². The van der Waals surface area contributed by atoms with E-state index in [9.17, 15) is 33.9 Å². The van der Waals surface area contributed by atoms with Crippen molar-refractivity contribution in [1.82, 2.24) is 20.4 Å². The van der Waals surface area contributed by atoms with Gasteiger partial charge in [-0.2, -0.15) is 0 Å². The third-order valence-electron chi connectivity index (χ3n) is 13.5. The summed E-state index contributed by atoms with van der Waals surface area (Å²) in [5, 5.41) is 14.2. The minimum atomic E-state index is -1.83. The Hall–Kier alpha value is -6.98. The number of aliphatic hydroxyl groups excluding tert-OH is 1. The molecule has 1 unspecified atom stereocenters. The van der Waals surface area contributed by atoms with Crippen LogP contribution in [-0.2, 0) is 39.7 Å². The lowest BCUT2D eigenvalue weighted by Gasteiger charge is -2.36. The van der Waals surface area contributed by atoms with Crippen molar-refractivity contribution in [2.45, 2.75) is 87.2 Å². The van der Waals surface area contributed by atoms with Crippen molar-refractivity contribution in [1.29, 1.82) is 0 Å². The molecule has 70 heavy (non-hydrogen) atoms. The normalized spacial score (nSPS) is 17.6. The highest BCUT2D eigenvalue weighted by molar-refractivity contribution is 6.15. The first-order valence-corrected chi connectivity index (χ1v) is 23.3. The third-order valence-corrected chi connectivity index (χ3v) is 13.5. The number of nitrogens with two attached hydrogens (primary N) is 2. The van der Waals surface area contributed by atoms with E-state index in [1.165, 1.54) is 42.0 Å². The first-order chi connectivity index (χ1) is 33.3. The van der Waals surface area contributed by atoms with Crippen LogP contribution in [0.15, 0.2) is 97.1 Å². The quantitative estimate of drug-likeness (QED) is 0.0901. The van der Waals surface area contributed by atoms with Crippen molar-refractivity contribution in [2.75, 3.05) is 48.0 Å². The Balaban J connectivity index is 0.000000233. The van der Waals surface area contributed by atoms with E-state index in [0.29, 0.717) is 29.7 Å².